The zero-order valence-corrected chi connectivity index (χ0v) is 9.17. The first kappa shape index (κ1) is 13.4. The number of hydrogen-bond donors (Lipinski definition) is 2. The largest absolute Gasteiger partial charge is 0.488 e. The molecule has 0 unspecified atom stereocenters. The predicted molar refractivity (Wildman–Crippen MR) is 57.6 cm³/mol. The van der Waals surface area contributed by atoms with Gasteiger partial charge in [-0.1, -0.05) is 0 Å². The Morgan fingerprint density at radius 2 is 1.82 bits per heavy atom. The van der Waals surface area contributed by atoms with Crippen LogP contribution in [0.25, 0.3) is 0 Å². The van der Waals surface area contributed by atoms with Crippen molar-refractivity contribution in [3.63, 3.8) is 0 Å². The summed E-state index contributed by atoms with van der Waals surface area (Å²) in [5.41, 5.74) is 9.59. The van der Waals surface area contributed by atoms with Crippen molar-refractivity contribution < 1.29 is 22.6 Å². The molecular weight excluding hydrogens is 237 g/mol. The van der Waals surface area contributed by atoms with E-state index in [1.54, 1.807) is 0 Å². The minimum atomic E-state index is -4.56. The molecule has 0 heterocycles. The summed E-state index contributed by atoms with van der Waals surface area (Å²) in [5.74, 6) is -0.413. The van der Waals surface area contributed by atoms with E-state index >= 15 is 0 Å². The summed E-state index contributed by atoms with van der Waals surface area (Å²) in [6.07, 6.45) is -4.56. The van der Waals surface area contributed by atoms with E-state index in [0.717, 1.165) is 6.07 Å². The van der Waals surface area contributed by atoms with Gasteiger partial charge in [-0.2, -0.15) is 13.2 Å². The molecule has 1 rings (SSSR count). The molecule has 4 N–H and O–H groups in total. The Bertz CT molecular complexity index is 394. The molecule has 0 aromatic heterocycles. The predicted octanol–water partition coefficient (Wildman–Crippen LogP) is 1.90. The summed E-state index contributed by atoms with van der Waals surface area (Å²) in [4.78, 5) is 0. The normalized spacial score (nSPS) is 11.5. The number of ether oxygens (including phenoxy) is 2. The number of rotatable bonds is 4. The number of nitrogens with two attached hydrogens (primary N) is 2. The Hall–Kier alpha value is -1.63. The average molecular weight is 250 g/mol. The quantitative estimate of drug-likeness (QED) is 0.632. The van der Waals surface area contributed by atoms with Crippen LogP contribution in [0.3, 0.4) is 0 Å². The van der Waals surface area contributed by atoms with E-state index < -0.39 is 17.5 Å². The van der Waals surface area contributed by atoms with E-state index in [1.807, 2.05) is 0 Å². The lowest BCUT2D eigenvalue weighted by Gasteiger charge is -2.16. The van der Waals surface area contributed by atoms with Gasteiger partial charge >= 0.3 is 6.18 Å². The fourth-order valence-electron chi connectivity index (χ4n) is 1.27. The van der Waals surface area contributed by atoms with Crippen LogP contribution in [-0.4, -0.2) is 20.3 Å². The SMILES string of the molecule is COCCOc1c(N)cc(N)cc1C(F)(F)F. The molecule has 0 amide bonds. The highest BCUT2D eigenvalue weighted by Crippen LogP contribution is 2.40. The van der Waals surface area contributed by atoms with Crippen molar-refractivity contribution in [3.05, 3.63) is 17.7 Å². The fraction of sp³-hybridized carbons (Fsp3) is 0.400. The number of methoxy groups -OCH3 is 1. The van der Waals surface area contributed by atoms with Gasteiger partial charge in [-0.25, -0.2) is 0 Å². The Labute approximate surface area is 96.3 Å². The van der Waals surface area contributed by atoms with E-state index in [0.29, 0.717) is 0 Å². The monoisotopic (exact) mass is 250 g/mol. The molecule has 1 aromatic rings. The number of anilines is 2. The summed E-state index contributed by atoms with van der Waals surface area (Å²) in [6.45, 7) is 0.148. The van der Waals surface area contributed by atoms with E-state index in [2.05, 4.69) is 4.74 Å². The van der Waals surface area contributed by atoms with Gasteiger partial charge in [0.2, 0.25) is 0 Å². The fourth-order valence-corrected chi connectivity index (χ4v) is 1.27. The topological polar surface area (TPSA) is 70.5 Å². The third kappa shape index (κ3) is 3.42. The lowest BCUT2D eigenvalue weighted by Crippen LogP contribution is -2.13. The highest BCUT2D eigenvalue weighted by Gasteiger charge is 2.35. The van der Waals surface area contributed by atoms with Gasteiger partial charge in [0.15, 0.2) is 5.75 Å². The van der Waals surface area contributed by atoms with E-state index in [-0.39, 0.29) is 24.6 Å². The second kappa shape index (κ2) is 5.13. The molecule has 7 heteroatoms. The first-order chi connectivity index (χ1) is 7.86. The van der Waals surface area contributed by atoms with Gasteiger partial charge in [0.05, 0.1) is 12.3 Å². The highest BCUT2D eigenvalue weighted by atomic mass is 19.4. The lowest BCUT2D eigenvalue weighted by atomic mass is 10.1. The molecule has 96 valence electrons. The third-order valence-corrected chi connectivity index (χ3v) is 1.98. The molecule has 0 aliphatic carbocycles. The van der Waals surface area contributed by atoms with Gasteiger partial charge in [-0.3, -0.25) is 0 Å². The van der Waals surface area contributed by atoms with Crippen LogP contribution in [0, 0.1) is 0 Å². The molecule has 0 radical (unpaired) electrons. The van der Waals surface area contributed by atoms with Crippen LogP contribution in [0.2, 0.25) is 0 Å². The van der Waals surface area contributed by atoms with Gasteiger partial charge in [0.25, 0.3) is 0 Å². The number of nitrogen functional groups attached to an aromatic ring is 2. The Balaban J connectivity index is 3.08. The zero-order valence-electron chi connectivity index (χ0n) is 9.17. The lowest BCUT2D eigenvalue weighted by molar-refractivity contribution is -0.138. The molecule has 0 atom stereocenters. The molecule has 0 spiro atoms. The maximum atomic E-state index is 12.7. The molecule has 1 aromatic carbocycles. The van der Waals surface area contributed by atoms with Gasteiger partial charge in [0, 0.05) is 12.8 Å². The van der Waals surface area contributed by atoms with Gasteiger partial charge < -0.3 is 20.9 Å². The van der Waals surface area contributed by atoms with Crippen molar-refractivity contribution in [1.82, 2.24) is 0 Å². The zero-order chi connectivity index (χ0) is 13.1. The van der Waals surface area contributed by atoms with Crippen molar-refractivity contribution in [2.75, 3.05) is 31.8 Å². The standard InChI is InChI=1S/C10H13F3N2O2/c1-16-2-3-17-9-7(10(11,12)13)4-6(14)5-8(9)15/h4-5H,2-3,14-15H2,1H3. The Morgan fingerprint density at radius 3 is 2.35 bits per heavy atom. The maximum absolute atomic E-state index is 12.7. The van der Waals surface area contributed by atoms with Crippen molar-refractivity contribution in [2.45, 2.75) is 6.18 Å². The summed E-state index contributed by atoms with van der Waals surface area (Å²) < 4.78 is 47.7. The van der Waals surface area contributed by atoms with Crippen molar-refractivity contribution in [2.24, 2.45) is 0 Å². The molecule has 0 saturated carbocycles. The van der Waals surface area contributed by atoms with Crippen LogP contribution in [-0.2, 0) is 10.9 Å². The first-order valence-electron chi connectivity index (χ1n) is 4.74. The summed E-state index contributed by atoms with van der Waals surface area (Å²) in [7, 11) is 1.42. The Kier molecular flexibility index (Phi) is 4.06. The third-order valence-electron chi connectivity index (χ3n) is 1.98. The van der Waals surface area contributed by atoms with Crippen molar-refractivity contribution in [3.8, 4) is 5.75 Å². The van der Waals surface area contributed by atoms with Crippen LogP contribution < -0.4 is 16.2 Å². The second-order valence-corrected chi connectivity index (χ2v) is 3.33. The highest BCUT2D eigenvalue weighted by molar-refractivity contribution is 5.65. The smallest absolute Gasteiger partial charge is 0.420 e. The average Bonchev–Trinajstić information content (AvgIpc) is 2.19. The number of halogens is 3. The number of benzene rings is 1. The van der Waals surface area contributed by atoms with Crippen molar-refractivity contribution >= 4 is 11.4 Å². The van der Waals surface area contributed by atoms with Crippen molar-refractivity contribution in [1.29, 1.82) is 0 Å². The van der Waals surface area contributed by atoms with Crippen LogP contribution in [0.4, 0.5) is 24.5 Å². The minimum Gasteiger partial charge on any atom is -0.488 e. The Morgan fingerprint density at radius 1 is 1.18 bits per heavy atom. The molecular formula is C10H13F3N2O2. The van der Waals surface area contributed by atoms with E-state index in [1.165, 1.54) is 13.2 Å². The van der Waals surface area contributed by atoms with E-state index in [9.17, 15) is 13.2 Å². The second-order valence-electron chi connectivity index (χ2n) is 3.33. The van der Waals surface area contributed by atoms with Crippen LogP contribution >= 0.6 is 0 Å². The molecule has 17 heavy (non-hydrogen) atoms. The summed E-state index contributed by atoms with van der Waals surface area (Å²) >= 11 is 0. The van der Waals surface area contributed by atoms with Crippen LogP contribution in [0.5, 0.6) is 5.75 Å². The van der Waals surface area contributed by atoms with Gasteiger partial charge in [-0.05, 0) is 12.1 Å². The van der Waals surface area contributed by atoms with E-state index in [4.69, 9.17) is 16.2 Å². The molecule has 0 aliphatic heterocycles. The number of hydrogen-bond acceptors (Lipinski definition) is 4. The minimum absolute atomic E-state index is 0.0201. The molecule has 0 saturated heterocycles. The van der Waals surface area contributed by atoms with Gasteiger partial charge in [-0.15, -0.1) is 0 Å². The summed E-state index contributed by atoms with van der Waals surface area (Å²) in [5, 5.41) is 0. The summed E-state index contributed by atoms with van der Waals surface area (Å²) in [6, 6.07) is 2.01. The first-order valence-corrected chi connectivity index (χ1v) is 4.74. The molecule has 4 nitrogen and oxygen atoms in total. The maximum Gasteiger partial charge on any atom is 0.420 e. The molecule has 0 aliphatic rings. The van der Waals surface area contributed by atoms with Gasteiger partial charge in [0.1, 0.15) is 12.2 Å². The number of alkyl halides is 3. The van der Waals surface area contributed by atoms with Crippen LogP contribution in [0.15, 0.2) is 12.1 Å². The van der Waals surface area contributed by atoms with Crippen LogP contribution in [0.1, 0.15) is 5.56 Å². The molecule has 0 fully saturated rings. The molecule has 0 bridgehead atoms.